The molecule has 0 atom stereocenters. The maximum Gasteiger partial charge on any atom is 0.573 e. The average Bonchev–Trinajstić information content (AvgIpc) is 3.05. The number of aliphatic hydroxyl groups is 1. The first kappa shape index (κ1) is 24.7. The van der Waals surface area contributed by atoms with E-state index in [1.807, 2.05) is 53.4 Å². The van der Waals surface area contributed by atoms with Gasteiger partial charge in [-0.25, -0.2) is 4.99 Å². The van der Waals surface area contributed by atoms with Crippen LogP contribution in [0.15, 0.2) is 65.7 Å². The fourth-order valence-corrected chi connectivity index (χ4v) is 4.02. The number of ether oxygens (including phenoxy) is 2. The Morgan fingerprint density at radius 3 is 2.26 bits per heavy atom. The van der Waals surface area contributed by atoms with Crippen molar-refractivity contribution in [3.63, 3.8) is 0 Å². The van der Waals surface area contributed by atoms with E-state index in [-0.39, 0.29) is 12.4 Å². The quantitative estimate of drug-likeness (QED) is 0.350. The minimum absolute atomic E-state index is 0.0519. The Hall–Kier alpha value is -3.43. The van der Waals surface area contributed by atoms with Crippen LogP contribution < -0.4 is 15.1 Å². The number of benzene rings is 3. The van der Waals surface area contributed by atoms with Gasteiger partial charge in [-0.2, -0.15) is 0 Å². The smallest absolute Gasteiger partial charge is 0.492 e. The molecule has 0 saturated heterocycles. The Morgan fingerprint density at radius 2 is 1.66 bits per heavy atom. The predicted octanol–water partition coefficient (Wildman–Crippen LogP) is 5.70. The molecule has 10 heteroatoms. The third-order valence-corrected chi connectivity index (χ3v) is 5.55. The van der Waals surface area contributed by atoms with Gasteiger partial charge in [-0.15, -0.1) is 13.2 Å². The molecule has 0 unspecified atom stereocenters. The van der Waals surface area contributed by atoms with Crippen LogP contribution in [0.1, 0.15) is 18.1 Å². The summed E-state index contributed by atoms with van der Waals surface area (Å²) in [6.45, 7) is 2.70. The third-order valence-electron chi connectivity index (χ3n) is 5.33. The molecule has 0 fully saturated rings. The van der Waals surface area contributed by atoms with Crippen LogP contribution in [0.5, 0.6) is 11.5 Å². The number of nitrogens with zero attached hydrogens (tertiary/aromatic N) is 3. The molecule has 3 aromatic carbocycles. The van der Waals surface area contributed by atoms with Crippen molar-refractivity contribution in [2.45, 2.75) is 26.4 Å². The van der Waals surface area contributed by atoms with Crippen molar-refractivity contribution in [2.75, 3.05) is 6.61 Å². The predicted molar refractivity (Wildman–Crippen MR) is 127 cm³/mol. The maximum atomic E-state index is 12.5. The van der Waals surface area contributed by atoms with Crippen molar-refractivity contribution in [1.29, 1.82) is 0 Å². The summed E-state index contributed by atoms with van der Waals surface area (Å²) in [5, 5.41) is 9.84. The molecule has 4 aromatic rings. The van der Waals surface area contributed by atoms with Gasteiger partial charge in [0.25, 0.3) is 0 Å². The molecule has 0 radical (unpaired) electrons. The summed E-state index contributed by atoms with van der Waals surface area (Å²) in [5.74, 6) is 0.271. The number of alkyl halides is 3. The van der Waals surface area contributed by atoms with Crippen molar-refractivity contribution in [3.8, 4) is 11.5 Å². The van der Waals surface area contributed by atoms with Gasteiger partial charge in [0.1, 0.15) is 17.0 Å². The summed E-state index contributed by atoms with van der Waals surface area (Å²) >= 11 is 6.40. The fourth-order valence-electron chi connectivity index (χ4n) is 3.82. The standard InChI is InChI=1S/C25H23ClF3N3O3/c1-3-34-22-13-18(26)12-21-23(22)31(2)24(32(21)14-16-4-6-17(15-33)7-5-16)30-19-8-10-20(11-9-19)35-25(27,28)29/h4-13,33H,3,14-15H2,1-2H3. The molecule has 0 amide bonds. The lowest BCUT2D eigenvalue weighted by molar-refractivity contribution is -0.274. The largest absolute Gasteiger partial charge is 0.573 e. The molecule has 1 aromatic heterocycles. The lowest BCUT2D eigenvalue weighted by atomic mass is 10.1. The first-order valence-electron chi connectivity index (χ1n) is 10.8. The Kier molecular flexibility index (Phi) is 7.09. The second-order valence-electron chi connectivity index (χ2n) is 7.78. The fraction of sp³-hybridized carbons (Fsp3) is 0.240. The molecule has 4 rings (SSSR count). The van der Waals surface area contributed by atoms with Crippen molar-refractivity contribution in [2.24, 2.45) is 12.0 Å². The zero-order valence-corrected chi connectivity index (χ0v) is 19.8. The highest BCUT2D eigenvalue weighted by atomic mass is 35.5. The van der Waals surface area contributed by atoms with Gasteiger partial charge < -0.3 is 23.7 Å². The lowest BCUT2D eigenvalue weighted by Gasteiger charge is -2.09. The van der Waals surface area contributed by atoms with Gasteiger partial charge >= 0.3 is 6.36 Å². The van der Waals surface area contributed by atoms with Gasteiger partial charge in [0.2, 0.25) is 5.62 Å². The second-order valence-corrected chi connectivity index (χ2v) is 8.21. The molecule has 35 heavy (non-hydrogen) atoms. The van der Waals surface area contributed by atoms with Gasteiger partial charge in [-0.1, -0.05) is 35.9 Å². The van der Waals surface area contributed by atoms with Crippen LogP contribution in [0.2, 0.25) is 5.02 Å². The van der Waals surface area contributed by atoms with Gasteiger partial charge in [0.05, 0.1) is 31.0 Å². The van der Waals surface area contributed by atoms with E-state index in [2.05, 4.69) is 4.74 Å². The molecule has 0 aliphatic rings. The van der Waals surface area contributed by atoms with Crippen LogP contribution in [0.25, 0.3) is 11.0 Å². The zero-order chi connectivity index (χ0) is 25.2. The van der Waals surface area contributed by atoms with Crippen molar-refractivity contribution < 1.29 is 27.8 Å². The van der Waals surface area contributed by atoms with E-state index < -0.39 is 6.36 Å². The van der Waals surface area contributed by atoms with E-state index in [4.69, 9.17) is 21.3 Å². The number of halogens is 4. The lowest BCUT2D eigenvalue weighted by Crippen LogP contribution is -2.24. The molecule has 184 valence electrons. The van der Waals surface area contributed by atoms with E-state index in [0.717, 1.165) is 22.2 Å². The summed E-state index contributed by atoms with van der Waals surface area (Å²) in [7, 11) is 1.84. The highest BCUT2D eigenvalue weighted by molar-refractivity contribution is 6.31. The molecule has 1 N–H and O–H groups in total. The Morgan fingerprint density at radius 1 is 1.00 bits per heavy atom. The molecule has 0 saturated carbocycles. The molecule has 0 spiro atoms. The molecule has 6 nitrogen and oxygen atoms in total. The van der Waals surface area contributed by atoms with E-state index in [0.29, 0.717) is 35.2 Å². The van der Waals surface area contributed by atoms with Crippen LogP contribution in [0.3, 0.4) is 0 Å². The average molecular weight is 506 g/mol. The van der Waals surface area contributed by atoms with E-state index in [1.54, 1.807) is 6.07 Å². The molecular formula is C25H23ClF3N3O3. The molecule has 0 bridgehead atoms. The zero-order valence-electron chi connectivity index (χ0n) is 19.0. The SMILES string of the molecule is CCOc1cc(Cl)cc2c1n(C)c(=Nc1ccc(OC(F)(F)F)cc1)n2Cc1ccc(CO)cc1. The van der Waals surface area contributed by atoms with Crippen LogP contribution in [-0.2, 0) is 20.2 Å². The maximum absolute atomic E-state index is 12.5. The molecule has 0 aliphatic heterocycles. The monoisotopic (exact) mass is 505 g/mol. The summed E-state index contributed by atoms with van der Waals surface area (Å²) in [4.78, 5) is 4.73. The second kappa shape index (κ2) is 10.1. The van der Waals surface area contributed by atoms with Crippen molar-refractivity contribution in [3.05, 3.63) is 82.4 Å². The molecule has 1 heterocycles. The van der Waals surface area contributed by atoms with E-state index in [1.165, 1.54) is 24.3 Å². The van der Waals surface area contributed by atoms with Crippen LogP contribution in [-0.4, -0.2) is 27.2 Å². The van der Waals surface area contributed by atoms with Gasteiger partial charge in [-0.3, -0.25) is 0 Å². The number of aryl methyl sites for hydroxylation is 1. The van der Waals surface area contributed by atoms with Gasteiger partial charge in [0, 0.05) is 18.1 Å². The normalized spacial score (nSPS) is 12.4. The minimum Gasteiger partial charge on any atom is -0.492 e. The Labute approximate surface area is 204 Å². The minimum atomic E-state index is -4.77. The number of hydrogen-bond acceptors (Lipinski definition) is 4. The summed E-state index contributed by atoms with van der Waals surface area (Å²) in [5.41, 5.74) is 4.30. The topological polar surface area (TPSA) is 60.9 Å². The van der Waals surface area contributed by atoms with Crippen molar-refractivity contribution >= 4 is 28.3 Å². The highest BCUT2D eigenvalue weighted by Crippen LogP contribution is 2.30. The van der Waals surface area contributed by atoms with E-state index in [9.17, 15) is 18.3 Å². The van der Waals surface area contributed by atoms with Crippen LogP contribution in [0.4, 0.5) is 18.9 Å². The Bertz CT molecular complexity index is 1390. The van der Waals surface area contributed by atoms with Crippen molar-refractivity contribution in [1.82, 2.24) is 9.13 Å². The number of hydrogen-bond donors (Lipinski definition) is 1. The van der Waals surface area contributed by atoms with E-state index >= 15 is 0 Å². The molecule has 0 aliphatic carbocycles. The summed E-state index contributed by atoms with van der Waals surface area (Å²) < 4.78 is 51.1. The Balaban J connectivity index is 1.88. The summed E-state index contributed by atoms with van der Waals surface area (Å²) in [6, 6.07) is 16.4. The number of fused-ring (bicyclic) bond motifs is 1. The molecular weight excluding hydrogens is 483 g/mol. The number of imidazole rings is 1. The van der Waals surface area contributed by atoms with Crippen LogP contribution >= 0.6 is 11.6 Å². The van der Waals surface area contributed by atoms with Gasteiger partial charge in [-0.05, 0) is 48.4 Å². The summed E-state index contributed by atoms with van der Waals surface area (Å²) in [6.07, 6.45) is -4.77. The third kappa shape index (κ3) is 5.63. The van der Waals surface area contributed by atoms with Gasteiger partial charge in [0.15, 0.2) is 0 Å². The highest BCUT2D eigenvalue weighted by Gasteiger charge is 2.31. The number of rotatable bonds is 7. The number of aliphatic hydroxyl groups excluding tert-OH is 1. The first-order valence-corrected chi connectivity index (χ1v) is 11.2. The number of aromatic nitrogens is 2. The first-order chi connectivity index (χ1) is 16.7. The van der Waals surface area contributed by atoms with Crippen LogP contribution in [0, 0.1) is 0 Å².